The number of pyridine rings is 1. The van der Waals surface area contributed by atoms with Crippen molar-refractivity contribution >= 4 is 17.4 Å². The highest BCUT2D eigenvalue weighted by Crippen LogP contribution is 2.31. The molecule has 0 unspecified atom stereocenters. The average Bonchev–Trinajstić information content (AvgIpc) is 2.59. The summed E-state index contributed by atoms with van der Waals surface area (Å²) < 4.78 is 0. The maximum atomic E-state index is 12.0. The van der Waals surface area contributed by atoms with Crippen molar-refractivity contribution in [2.24, 2.45) is 5.73 Å². The number of carbonyl (C=O) groups is 1. The molecular weight excluding hydrogens is 298 g/mol. The van der Waals surface area contributed by atoms with E-state index < -0.39 is 6.03 Å². The van der Waals surface area contributed by atoms with Crippen LogP contribution in [0.5, 0.6) is 0 Å². The van der Waals surface area contributed by atoms with Gasteiger partial charge in [0, 0.05) is 12.4 Å². The molecule has 1 aromatic heterocycles. The largest absolute Gasteiger partial charge is 0.351 e. The summed E-state index contributed by atoms with van der Waals surface area (Å²) in [5.41, 5.74) is 11.4. The SMILES string of the molecule is Cc1ccc(N(C(N)=O)c2ccc(-c3ccncc3)cc2C)cc1. The molecular formula is C20H19N3O. The zero-order chi connectivity index (χ0) is 17.1. The Morgan fingerprint density at radius 2 is 1.58 bits per heavy atom. The van der Waals surface area contributed by atoms with Crippen LogP contribution in [0.1, 0.15) is 11.1 Å². The van der Waals surface area contributed by atoms with Crippen LogP contribution in [-0.4, -0.2) is 11.0 Å². The Hall–Kier alpha value is -3.14. The lowest BCUT2D eigenvalue weighted by Crippen LogP contribution is -2.31. The molecule has 0 saturated carbocycles. The summed E-state index contributed by atoms with van der Waals surface area (Å²) in [4.78, 5) is 17.6. The normalized spacial score (nSPS) is 10.4. The molecule has 24 heavy (non-hydrogen) atoms. The average molecular weight is 317 g/mol. The van der Waals surface area contributed by atoms with Gasteiger partial charge in [-0.05, 0) is 66.9 Å². The zero-order valence-electron chi connectivity index (χ0n) is 13.7. The monoisotopic (exact) mass is 317 g/mol. The minimum atomic E-state index is -0.501. The number of amides is 2. The lowest BCUT2D eigenvalue weighted by atomic mass is 10.0. The first kappa shape index (κ1) is 15.7. The molecule has 0 aliphatic carbocycles. The minimum absolute atomic E-state index is 0.501. The van der Waals surface area contributed by atoms with Crippen molar-refractivity contribution in [1.29, 1.82) is 0 Å². The quantitative estimate of drug-likeness (QED) is 0.768. The second-order valence-electron chi connectivity index (χ2n) is 5.75. The molecule has 0 radical (unpaired) electrons. The van der Waals surface area contributed by atoms with Crippen molar-refractivity contribution in [1.82, 2.24) is 4.98 Å². The van der Waals surface area contributed by atoms with E-state index in [0.29, 0.717) is 0 Å². The van der Waals surface area contributed by atoms with E-state index in [1.54, 1.807) is 12.4 Å². The van der Waals surface area contributed by atoms with Crippen LogP contribution in [0.15, 0.2) is 67.0 Å². The van der Waals surface area contributed by atoms with Gasteiger partial charge >= 0.3 is 6.03 Å². The molecule has 0 aliphatic rings. The zero-order valence-corrected chi connectivity index (χ0v) is 13.7. The maximum absolute atomic E-state index is 12.0. The van der Waals surface area contributed by atoms with E-state index in [4.69, 9.17) is 5.73 Å². The van der Waals surface area contributed by atoms with Crippen molar-refractivity contribution in [2.45, 2.75) is 13.8 Å². The number of aryl methyl sites for hydroxylation is 2. The van der Waals surface area contributed by atoms with Gasteiger partial charge in [0.05, 0.1) is 11.4 Å². The summed E-state index contributed by atoms with van der Waals surface area (Å²) in [5, 5.41) is 0. The van der Waals surface area contributed by atoms with E-state index in [1.807, 2.05) is 62.4 Å². The number of carbonyl (C=O) groups excluding carboxylic acids is 1. The molecule has 0 bridgehead atoms. The second-order valence-corrected chi connectivity index (χ2v) is 5.75. The molecule has 0 fully saturated rings. The van der Waals surface area contributed by atoms with Gasteiger partial charge in [-0.15, -0.1) is 0 Å². The molecule has 4 heteroatoms. The third kappa shape index (κ3) is 3.13. The van der Waals surface area contributed by atoms with Gasteiger partial charge in [-0.3, -0.25) is 9.88 Å². The van der Waals surface area contributed by atoms with Gasteiger partial charge < -0.3 is 5.73 Å². The van der Waals surface area contributed by atoms with Crippen LogP contribution in [0.4, 0.5) is 16.2 Å². The number of hydrogen-bond donors (Lipinski definition) is 1. The highest BCUT2D eigenvalue weighted by Gasteiger charge is 2.17. The summed E-state index contributed by atoms with van der Waals surface area (Å²) in [5.74, 6) is 0. The predicted molar refractivity (Wildman–Crippen MR) is 97.3 cm³/mol. The third-order valence-corrected chi connectivity index (χ3v) is 3.96. The molecule has 0 aliphatic heterocycles. The van der Waals surface area contributed by atoms with Gasteiger partial charge in [-0.2, -0.15) is 0 Å². The third-order valence-electron chi connectivity index (χ3n) is 3.96. The van der Waals surface area contributed by atoms with Gasteiger partial charge in [-0.1, -0.05) is 23.8 Å². The standard InChI is InChI=1S/C20H19N3O/c1-14-3-6-18(7-4-14)23(20(21)24)19-8-5-17(13-15(19)2)16-9-11-22-12-10-16/h3-13H,1-2H3,(H2,21,24). The molecule has 0 saturated heterocycles. The molecule has 3 aromatic rings. The Kier molecular flexibility index (Phi) is 4.29. The highest BCUT2D eigenvalue weighted by atomic mass is 16.2. The Morgan fingerprint density at radius 3 is 2.17 bits per heavy atom. The lowest BCUT2D eigenvalue weighted by Gasteiger charge is -2.23. The number of primary amides is 1. The molecule has 0 atom stereocenters. The van der Waals surface area contributed by atoms with Crippen LogP contribution in [0.2, 0.25) is 0 Å². The summed E-state index contributed by atoms with van der Waals surface area (Å²) in [7, 11) is 0. The number of hydrogen-bond acceptors (Lipinski definition) is 2. The first-order chi connectivity index (χ1) is 11.6. The van der Waals surface area contributed by atoms with E-state index in [9.17, 15) is 4.79 Å². The van der Waals surface area contributed by atoms with E-state index >= 15 is 0 Å². The fourth-order valence-electron chi connectivity index (χ4n) is 2.71. The molecule has 120 valence electrons. The first-order valence-corrected chi connectivity index (χ1v) is 7.73. The summed E-state index contributed by atoms with van der Waals surface area (Å²) in [6.45, 7) is 3.98. The second kappa shape index (κ2) is 6.54. The van der Waals surface area contributed by atoms with Gasteiger partial charge in [0.1, 0.15) is 0 Å². The number of aromatic nitrogens is 1. The summed E-state index contributed by atoms with van der Waals surface area (Å²) in [6, 6.07) is 17.1. The van der Waals surface area contributed by atoms with Crippen LogP contribution < -0.4 is 10.6 Å². The molecule has 1 heterocycles. The van der Waals surface area contributed by atoms with Gasteiger partial charge in [-0.25, -0.2) is 4.79 Å². The molecule has 3 rings (SSSR count). The minimum Gasteiger partial charge on any atom is -0.351 e. The predicted octanol–water partition coefficient (Wildman–Crippen LogP) is 4.58. The van der Waals surface area contributed by atoms with Crippen LogP contribution in [0.3, 0.4) is 0 Å². The number of nitrogens with two attached hydrogens (primary N) is 1. The molecule has 2 amide bonds. The van der Waals surface area contributed by atoms with Gasteiger partial charge in [0.15, 0.2) is 0 Å². The van der Waals surface area contributed by atoms with Crippen molar-refractivity contribution in [2.75, 3.05) is 4.90 Å². The Labute approximate surface area is 141 Å². The number of anilines is 2. The number of nitrogens with zero attached hydrogens (tertiary/aromatic N) is 2. The smallest absolute Gasteiger partial charge is 0.323 e. The van der Waals surface area contributed by atoms with E-state index in [2.05, 4.69) is 11.1 Å². The maximum Gasteiger partial charge on any atom is 0.323 e. The first-order valence-electron chi connectivity index (χ1n) is 7.73. The van der Waals surface area contributed by atoms with Crippen LogP contribution in [0, 0.1) is 13.8 Å². The van der Waals surface area contributed by atoms with Gasteiger partial charge in [0.2, 0.25) is 0 Å². The fraction of sp³-hybridized carbons (Fsp3) is 0.100. The topological polar surface area (TPSA) is 59.2 Å². The van der Waals surface area contributed by atoms with E-state index in [0.717, 1.165) is 33.6 Å². The number of benzene rings is 2. The van der Waals surface area contributed by atoms with Crippen LogP contribution >= 0.6 is 0 Å². The molecule has 2 aromatic carbocycles. The Morgan fingerprint density at radius 1 is 0.917 bits per heavy atom. The summed E-state index contributed by atoms with van der Waals surface area (Å²) in [6.07, 6.45) is 3.53. The molecule has 2 N–H and O–H groups in total. The Balaban J connectivity index is 2.03. The fourth-order valence-corrected chi connectivity index (χ4v) is 2.71. The molecule has 4 nitrogen and oxygen atoms in total. The van der Waals surface area contributed by atoms with Crippen LogP contribution in [0.25, 0.3) is 11.1 Å². The lowest BCUT2D eigenvalue weighted by molar-refractivity contribution is 0.256. The van der Waals surface area contributed by atoms with Crippen molar-refractivity contribution < 1.29 is 4.79 Å². The highest BCUT2D eigenvalue weighted by molar-refractivity contribution is 5.99. The van der Waals surface area contributed by atoms with Crippen molar-refractivity contribution in [3.8, 4) is 11.1 Å². The van der Waals surface area contributed by atoms with Gasteiger partial charge in [0.25, 0.3) is 0 Å². The number of rotatable bonds is 3. The van der Waals surface area contributed by atoms with E-state index in [1.165, 1.54) is 4.90 Å². The number of urea groups is 1. The van der Waals surface area contributed by atoms with Crippen LogP contribution in [-0.2, 0) is 0 Å². The molecule has 0 spiro atoms. The van der Waals surface area contributed by atoms with Crippen molar-refractivity contribution in [3.63, 3.8) is 0 Å². The Bertz CT molecular complexity index is 858. The summed E-state index contributed by atoms with van der Waals surface area (Å²) >= 11 is 0. The van der Waals surface area contributed by atoms with Crippen molar-refractivity contribution in [3.05, 3.63) is 78.1 Å². The van der Waals surface area contributed by atoms with E-state index in [-0.39, 0.29) is 0 Å².